The number of anilines is 2. The third-order valence-corrected chi connectivity index (χ3v) is 6.80. The van der Waals surface area contributed by atoms with Crippen molar-refractivity contribution in [3.63, 3.8) is 0 Å². The molecule has 2 amide bonds. The first-order valence-corrected chi connectivity index (χ1v) is 12.4. The zero-order valence-electron chi connectivity index (χ0n) is 18.8. The van der Waals surface area contributed by atoms with Gasteiger partial charge in [-0.3, -0.25) is 14.5 Å². The molecule has 2 aromatic carbocycles. The van der Waals surface area contributed by atoms with Crippen LogP contribution in [0.15, 0.2) is 71.8 Å². The van der Waals surface area contributed by atoms with E-state index in [9.17, 15) is 18.0 Å². The molecular weight excluding hydrogens is 454 g/mol. The minimum Gasteiger partial charge on any atom is -0.353 e. The number of sulfonamides is 1. The Hall–Kier alpha value is -3.47. The number of likely N-dealkylation sites (tertiary alicyclic amines) is 1. The van der Waals surface area contributed by atoms with Crippen LogP contribution in [0.4, 0.5) is 11.4 Å². The van der Waals surface area contributed by atoms with Gasteiger partial charge < -0.3 is 15.2 Å². The predicted molar refractivity (Wildman–Crippen MR) is 130 cm³/mol. The van der Waals surface area contributed by atoms with Crippen molar-refractivity contribution < 1.29 is 18.0 Å². The average molecular weight is 482 g/mol. The van der Waals surface area contributed by atoms with E-state index >= 15 is 0 Å². The Morgan fingerprint density at radius 3 is 2.47 bits per heavy atom. The molecule has 2 heterocycles. The summed E-state index contributed by atoms with van der Waals surface area (Å²) in [5.74, 6) is -0.523. The van der Waals surface area contributed by atoms with Gasteiger partial charge in [-0.2, -0.15) is 0 Å². The van der Waals surface area contributed by atoms with Gasteiger partial charge in [-0.25, -0.2) is 13.6 Å². The Bertz CT molecular complexity index is 1300. The maximum atomic E-state index is 12.6. The summed E-state index contributed by atoms with van der Waals surface area (Å²) in [7, 11) is -1.85. The maximum Gasteiger partial charge on any atom is 0.255 e. The minimum atomic E-state index is -3.87. The molecule has 178 valence electrons. The zero-order chi connectivity index (χ0) is 24.3. The lowest BCUT2D eigenvalue weighted by Gasteiger charge is -2.24. The largest absolute Gasteiger partial charge is 0.353 e. The van der Waals surface area contributed by atoms with Crippen LogP contribution in [0.25, 0.3) is 0 Å². The highest BCUT2D eigenvalue weighted by atomic mass is 32.2. The summed E-state index contributed by atoms with van der Waals surface area (Å²) < 4.78 is 25.1. The van der Waals surface area contributed by atoms with Gasteiger partial charge in [-0.05, 0) is 74.0 Å². The molecule has 4 rings (SSSR count). The Balaban J connectivity index is 1.35. The van der Waals surface area contributed by atoms with E-state index in [0.29, 0.717) is 23.5 Å². The number of nitrogens with zero attached hydrogens (tertiary/aromatic N) is 2. The number of carbonyl (C=O) groups is 2. The van der Waals surface area contributed by atoms with Gasteiger partial charge >= 0.3 is 0 Å². The molecule has 4 N–H and O–H groups in total. The lowest BCUT2D eigenvalue weighted by atomic mass is 10.1. The SMILES string of the molecule is Cn1cccc1[C@H]1CCCN1CC(=O)Nc1ccc(C(=O)Nc2cccc(S(N)(=O)=O)c2)cc1. The number of benzene rings is 2. The van der Waals surface area contributed by atoms with Crippen LogP contribution in [-0.2, 0) is 21.9 Å². The van der Waals surface area contributed by atoms with Crippen LogP contribution in [0.2, 0.25) is 0 Å². The van der Waals surface area contributed by atoms with E-state index in [-0.39, 0.29) is 16.8 Å². The average Bonchev–Trinajstić information content (AvgIpc) is 3.42. The predicted octanol–water partition coefficient (Wildman–Crippen LogP) is 2.70. The Kier molecular flexibility index (Phi) is 6.82. The van der Waals surface area contributed by atoms with Gasteiger partial charge in [0, 0.05) is 35.9 Å². The minimum absolute atomic E-state index is 0.0873. The summed E-state index contributed by atoms with van der Waals surface area (Å²) in [6.07, 6.45) is 4.09. The van der Waals surface area contributed by atoms with E-state index in [4.69, 9.17) is 5.14 Å². The highest BCUT2D eigenvalue weighted by Gasteiger charge is 2.29. The number of amides is 2. The second-order valence-electron chi connectivity index (χ2n) is 8.32. The molecule has 0 radical (unpaired) electrons. The molecule has 1 aromatic heterocycles. The van der Waals surface area contributed by atoms with Gasteiger partial charge in [0.25, 0.3) is 5.91 Å². The smallest absolute Gasteiger partial charge is 0.255 e. The molecular formula is C24H27N5O4S. The number of nitrogens with two attached hydrogens (primary N) is 1. The van der Waals surface area contributed by atoms with Crippen molar-refractivity contribution in [2.75, 3.05) is 23.7 Å². The van der Waals surface area contributed by atoms with Gasteiger partial charge in [0.1, 0.15) is 0 Å². The molecule has 0 spiro atoms. The molecule has 3 aromatic rings. The molecule has 1 saturated heterocycles. The molecule has 0 bridgehead atoms. The van der Waals surface area contributed by atoms with E-state index < -0.39 is 15.9 Å². The normalized spacial score (nSPS) is 16.4. The van der Waals surface area contributed by atoms with Crippen LogP contribution in [0.3, 0.4) is 0 Å². The fourth-order valence-corrected chi connectivity index (χ4v) is 4.77. The lowest BCUT2D eigenvalue weighted by molar-refractivity contribution is -0.117. The summed E-state index contributed by atoms with van der Waals surface area (Å²) in [6.45, 7) is 1.16. The summed E-state index contributed by atoms with van der Waals surface area (Å²) in [5.41, 5.74) is 2.47. The lowest BCUT2D eigenvalue weighted by Crippen LogP contribution is -2.33. The standard InChI is InChI=1S/C24H27N5O4S/c1-28-13-3-7-21(28)22-8-4-14-29(22)16-23(30)26-18-11-9-17(10-12-18)24(31)27-19-5-2-6-20(15-19)34(25,32)33/h2-3,5-7,9-13,15,22H,4,8,14,16H2,1H3,(H,26,30)(H,27,31)(H2,25,32,33)/t22-/m1/s1. The highest BCUT2D eigenvalue weighted by Crippen LogP contribution is 2.31. The molecule has 1 aliphatic rings. The first-order valence-electron chi connectivity index (χ1n) is 10.9. The molecule has 0 saturated carbocycles. The molecule has 9 nitrogen and oxygen atoms in total. The zero-order valence-corrected chi connectivity index (χ0v) is 19.6. The number of rotatable bonds is 7. The summed E-state index contributed by atoms with van der Waals surface area (Å²) in [5, 5.41) is 10.7. The van der Waals surface area contributed by atoms with Gasteiger partial charge in [0.15, 0.2) is 0 Å². The first-order chi connectivity index (χ1) is 16.2. The molecule has 10 heteroatoms. The van der Waals surface area contributed by atoms with E-state index in [1.165, 1.54) is 23.9 Å². The maximum absolute atomic E-state index is 12.6. The summed E-state index contributed by atoms with van der Waals surface area (Å²) in [4.78, 5) is 27.3. The van der Waals surface area contributed by atoms with Crippen LogP contribution >= 0.6 is 0 Å². The van der Waals surface area contributed by atoms with Crippen molar-refractivity contribution in [2.45, 2.75) is 23.8 Å². The number of aryl methyl sites for hydroxylation is 1. The number of hydrogen-bond acceptors (Lipinski definition) is 5. The Morgan fingerprint density at radius 1 is 1.03 bits per heavy atom. The van der Waals surface area contributed by atoms with Crippen LogP contribution in [0.5, 0.6) is 0 Å². The second kappa shape index (κ2) is 9.80. The number of aromatic nitrogens is 1. The summed E-state index contributed by atoms with van der Waals surface area (Å²) in [6, 6.07) is 16.6. The second-order valence-corrected chi connectivity index (χ2v) is 9.89. The molecule has 1 atom stereocenters. The van der Waals surface area contributed by atoms with Crippen molar-refractivity contribution in [2.24, 2.45) is 12.2 Å². The highest BCUT2D eigenvalue weighted by molar-refractivity contribution is 7.89. The third-order valence-electron chi connectivity index (χ3n) is 5.89. The van der Waals surface area contributed by atoms with Crippen LogP contribution in [0.1, 0.15) is 34.9 Å². The Morgan fingerprint density at radius 2 is 1.79 bits per heavy atom. The van der Waals surface area contributed by atoms with Crippen LogP contribution in [0, 0.1) is 0 Å². The van der Waals surface area contributed by atoms with Gasteiger partial charge in [0.2, 0.25) is 15.9 Å². The first kappa shape index (κ1) is 23.7. The molecule has 1 fully saturated rings. The van der Waals surface area contributed by atoms with Crippen molar-refractivity contribution in [1.29, 1.82) is 0 Å². The van der Waals surface area contributed by atoms with Crippen molar-refractivity contribution in [1.82, 2.24) is 9.47 Å². The Labute approximate surface area is 198 Å². The third kappa shape index (κ3) is 5.53. The van der Waals surface area contributed by atoms with E-state index in [1.54, 1.807) is 30.3 Å². The van der Waals surface area contributed by atoms with Crippen molar-refractivity contribution in [3.05, 3.63) is 78.1 Å². The fraction of sp³-hybridized carbons (Fsp3) is 0.250. The number of hydrogen-bond donors (Lipinski definition) is 3. The topological polar surface area (TPSA) is 127 Å². The van der Waals surface area contributed by atoms with Gasteiger partial charge in [-0.1, -0.05) is 6.07 Å². The van der Waals surface area contributed by atoms with Crippen LogP contribution in [-0.4, -0.2) is 42.8 Å². The number of primary sulfonamides is 1. The van der Waals surface area contributed by atoms with E-state index in [1.807, 2.05) is 19.3 Å². The molecule has 1 aliphatic heterocycles. The van der Waals surface area contributed by atoms with Crippen molar-refractivity contribution >= 4 is 33.2 Å². The molecule has 0 unspecified atom stereocenters. The summed E-state index contributed by atoms with van der Waals surface area (Å²) >= 11 is 0. The quantitative estimate of drug-likeness (QED) is 0.478. The number of carbonyl (C=O) groups excluding carboxylic acids is 2. The monoisotopic (exact) mass is 481 g/mol. The fourth-order valence-electron chi connectivity index (χ4n) is 4.21. The van der Waals surface area contributed by atoms with Gasteiger partial charge in [0.05, 0.1) is 17.5 Å². The number of nitrogens with one attached hydrogen (secondary N) is 2. The van der Waals surface area contributed by atoms with Gasteiger partial charge in [-0.15, -0.1) is 0 Å². The van der Waals surface area contributed by atoms with Crippen LogP contribution < -0.4 is 15.8 Å². The molecule has 34 heavy (non-hydrogen) atoms. The molecule has 0 aliphatic carbocycles. The van der Waals surface area contributed by atoms with E-state index in [0.717, 1.165) is 19.4 Å². The van der Waals surface area contributed by atoms with Crippen molar-refractivity contribution in [3.8, 4) is 0 Å². The van der Waals surface area contributed by atoms with E-state index in [2.05, 4.69) is 26.2 Å².